The summed E-state index contributed by atoms with van der Waals surface area (Å²) in [7, 11) is 0. The van der Waals surface area contributed by atoms with Gasteiger partial charge in [0.25, 0.3) is 0 Å². The van der Waals surface area contributed by atoms with E-state index in [1.165, 1.54) is 0 Å². The van der Waals surface area contributed by atoms with Gasteiger partial charge in [0.15, 0.2) is 5.78 Å². The summed E-state index contributed by atoms with van der Waals surface area (Å²) >= 11 is 0. The van der Waals surface area contributed by atoms with E-state index in [2.05, 4.69) is 10.6 Å². The molecule has 4 aromatic rings. The number of nitrogens with two attached hydrogens (primary N) is 2. The van der Waals surface area contributed by atoms with Gasteiger partial charge in [-0.2, -0.15) is 0 Å². The molecule has 5 nitrogen and oxygen atoms in total. The van der Waals surface area contributed by atoms with Crippen molar-refractivity contribution in [3.63, 3.8) is 0 Å². The highest BCUT2D eigenvalue weighted by molar-refractivity contribution is 6.16. The van der Waals surface area contributed by atoms with E-state index in [9.17, 15) is 4.79 Å². The Kier molecular flexibility index (Phi) is 5.35. The first-order valence-corrected chi connectivity index (χ1v) is 9.59. The van der Waals surface area contributed by atoms with E-state index in [0.29, 0.717) is 33.9 Å². The smallest absolute Gasteiger partial charge is 0.197 e. The minimum Gasteiger partial charge on any atom is -0.397 e. The number of nitrogens with one attached hydrogen (secondary N) is 2. The third kappa shape index (κ3) is 3.95. The Morgan fingerprint density at radius 2 is 0.833 bits per heavy atom. The first-order chi connectivity index (χ1) is 14.6. The highest BCUT2D eigenvalue weighted by Gasteiger charge is 2.17. The molecule has 148 valence electrons. The lowest BCUT2D eigenvalue weighted by atomic mass is 9.99. The maximum absolute atomic E-state index is 13.5. The second-order valence-electron chi connectivity index (χ2n) is 6.84. The third-order valence-electron chi connectivity index (χ3n) is 4.80. The fourth-order valence-electron chi connectivity index (χ4n) is 3.24. The summed E-state index contributed by atoms with van der Waals surface area (Å²) in [4.78, 5) is 13.5. The van der Waals surface area contributed by atoms with Crippen LogP contribution >= 0.6 is 0 Å². The average Bonchev–Trinajstić information content (AvgIpc) is 2.77. The lowest BCUT2D eigenvalue weighted by Gasteiger charge is -2.16. The van der Waals surface area contributed by atoms with E-state index in [0.717, 1.165) is 11.4 Å². The maximum Gasteiger partial charge on any atom is 0.197 e. The minimum atomic E-state index is -0.106. The number of rotatable bonds is 6. The zero-order chi connectivity index (χ0) is 20.9. The summed E-state index contributed by atoms with van der Waals surface area (Å²) in [6, 6.07) is 29.7. The van der Waals surface area contributed by atoms with Gasteiger partial charge in [0.05, 0.1) is 22.7 Å². The Morgan fingerprint density at radius 3 is 1.23 bits per heavy atom. The van der Waals surface area contributed by atoms with Crippen molar-refractivity contribution in [3.05, 3.63) is 108 Å². The molecule has 5 heteroatoms. The van der Waals surface area contributed by atoms with Crippen molar-refractivity contribution < 1.29 is 4.79 Å². The van der Waals surface area contributed by atoms with Gasteiger partial charge in [0.2, 0.25) is 0 Å². The molecule has 0 atom stereocenters. The van der Waals surface area contributed by atoms with E-state index >= 15 is 0 Å². The van der Waals surface area contributed by atoms with Crippen molar-refractivity contribution in [1.82, 2.24) is 0 Å². The standard InChI is InChI=1S/C25H22N4O/c26-19-11-3-7-15-23(19)28-21-13-5-1-9-17(21)25(30)18-10-2-6-14-22(18)29-24-16-8-4-12-20(24)27/h1-16,28-29H,26-27H2. The molecule has 6 N–H and O–H groups in total. The zero-order valence-corrected chi connectivity index (χ0v) is 16.3. The monoisotopic (exact) mass is 394 g/mol. The first kappa shape index (κ1) is 19.1. The van der Waals surface area contributed by atoms with Crippen LogP contribution in [0.25, 0.3) is 0 Å². The van der Waals surface area contributed by atoms with E-state index in [-0.39, 0.29) is 5.78 Å². The molecule has 0 amide bonds. The molecule has 4 aromatic carbocycles. The van der Waals surface area contributed by atoms with Gasteiger partial charge in [0, 0.05) is 22.5 Å². The Hall–Kier alpha value is -4.25. The molecule has 4 rings (SSSR count). The molecule has 0 saturated carbocycles. The Bertz CT molecular complexity index is 1110. The van der Waals surface area contributed by atoms with E-state index in [4.69, 9.17) is 11.5 Å². The van der Waals surface area contributed by atoms with Gasteiger partial charge in [-0.25, -0.2) is 0 Å². The van der Waals surface area contributed by atoms with Gasteiger partial charge in [-0.15, -0.1) is 0 Å². The van der Waals surface area contributed by atoms with Gasteiger partial charge in [-0.05, 0) is 48.5 Å². The second kappa shape index (κ2) is 8.41. The second-order valence-corrected chi connectivity index (χ2v) is 6.84. The Morgan fingerprint density at radius 1 is 0.500 bits per heavy atom. The first-order valence-electron chi connectivity index (χ1n) is 9.59. The zero-order valence-electron chi connectivity index (χ0n) is 16.3. The van der Waals surface area contributed by atoms with Crippen molar-refractivity contribution in [1.29, 1.82) is 0 Å². The largest absolute Gasteiger partial charge is 0.397 e. The molecule has 0 saturated heterocycles. The third-order valence-corrected chi connectivity index (χ3v) is 4.80. The van der Waals surface area contributed by atoms with Gasteiger partial charge < -0.3 is 22.1 Å². The molecule has 0 fully saturated rings. The molecule has 0 unspecified atom stereocenters. The Balaban J connectivity index is 1.70. The molecule has 0 spiro atoms. The number of hydrogen-bond donors (Lipinski definition) is 4. The molecule has 30 heavy (non-hydrogen) atoms. The Labute approximate surface area is 175 Å². The van der Waals surface area contributed by atoms with E-state index in [1.807, 2.05) is 84.9 Å². The van der Waals surface area contributed by atoms with Crippen molar-refractivity contribution in [2.24, 2.45) is 0 Å². The number of carbonyl (C=O) groups is 1. The maximum atomic E-state index is 13.5. The molecule has 0 aliphatic rings. The predicted molar refractivity (Wildman–Crippen MR) is 125 cm³/mol. The summed E-state index contributed by atoms with van der Waals surface area (Å²) < 4.78 is 0. The van der Waals surface area contributed by atoms with Crippen LogP contribution in [0.5, 0.6) is 0 Å². The molecule has 0 heterocycles. The summed E-state index contributed by atoms with van der Waals surface area (Å²) in [6.45, 7) is 0. The van der Waals surface area contributed by atoms with E-state index < -0.39 is 0 Å². The molecule has 0 bridgehead atoms. The minimum absolute atomic E-state index is 0.106. The predicted octanol–water partition coefficient (Wildman–Crippen LogP) is 5.57. The number of carbonyl (C=O) groups excluding carboxylic acids is 1. The SMILES string of the molecule is Nc1ccccc1Nc1ccccc1C(=O)c1ccccc1Nc1ccccc1N. The molecule has 0 aromatic heterocycles. The highest BCUT2D eigenvalue weighted by Crippen LogP contribution is 2.30. The summed E-state index contributed by atoms with van der Waals surface area (Å²) in [5, 5.41) is 6.57. The van der Waals surface area contributed by atoms with Gasteiger partial charge in [-0.1, -0.05) is 48.5 Å². The van der Waals surface area contributed by atoms with Crippen molar-refractivity contribution in [3.8, 4) is 0 Å². The lowest BCUT2D eigenvalue weighted by Crippen LogP contribution is -2.09. The van der Waals surface area contributed by atoms with Crippen LogP contribution in [0.15, 0.2) is 97.1 Å². The number of anilines is 6. The number of nitrogen functional groups attached to an aromatic ring is 2. The van der Waals surface area contributed by atoms with Gasteiger partial charge in [0.1, 0.15) is 0 Å². The van der Waals surface area contributed by atoms with Crippen molar-refractivity contribution in [2.45, 2.75) is 0 Å². The van der Waals surface area contributed by atoms with Crippen LogP contribution in [-0.2, 0) is 0 Å². The van der Waals surface area contributed by atoms with Crippen LogP contribution in [0.2, 0.25) is 0 Å². The normalized spacial score (nSPS) is 10.4. The number of benzene rings is 4. The molecule has 0 radical (unpaired) electrons. The summed E-state index contributed by atoms with van der Waals surface area (Å²) in [5.74, 6) is -0.106. The van der Waals surface area contributed by atoms with Crippen molar-refractivity contribution in [2.75, 3.05) is 22.1 Å². The van der Waals surface area contributed by atoms with Crippen LogP contribution in [-0.4, -0.2) is 5.78 Å². The number of para-hydroxylation sites is 6. The van der Waals surface area contributed by atoms with Crippen LogP contribution in [0, 0.1) is 0 Å². The van der Waals surface area contributed by atoms with Crippen LogP contribution in [0.1, 0.15) is 15.9 Å². The van der Waals surface area contributed by atoms with Crippen LogP contribution in [0.4, 0.5) is 34.1 Å². The summed E-state index contributed by atoms with van der Waals surface area (Å²) in [6.07, 6.45) is 0. The number of hydrogen-bond acceptors (Lipinski definition) is 5. The van der Waals surface area contributed by atoms with Gasteiger partial charge in [-0.3, -0.25) is 4.79 Å². The fourth-order valence-corrected chi connectivity index (χ4v) is 3.24. The number of ketones is 1. The molecule has 0 aliphatic carbocycles. The highest BCUT2D eigenvalue weighted by atomic mass is 16.1. The molecular weight excluding hydrogens is 372 g/mol. The summed E-state index contributed by atoms with van der Waals surface area (Å²) in [5.41, 5.74) is 17.3. The van der Waals surface area contributed by atoms with Gasteiger partial charge >= 0.3 is 0 Å². The van der Waals surface area contributed by atoms with Crippen LogP contribution in [0.3, 0.4) is 0 Å². The van der Waals surface area contributed by atoms with E-state index in [1.54, 1.807) is 12.1 Å². The fraction of sp³-hybridized carbons (Fsp3) is 0. The topological polar surface area (TPSA) is 93.2 Å². The van der Waals surface area contributed by atoms with Crippen molar-refractivity contribution >= 4 is 39.9 Å². The van der Waals surface area contributed by atoms with Crippen LogP contribution < -0.4 is 22.1 Å². The quantitative estimate of drug-likeness (QED) is 0.253. The molecular formula is C25H22N4O. The lowest BCUT2D eigenvalue weighted by molar-refractivity contribution is 0.104. The molecule has 0 aliphatic heterocycles. The average molecular weight is 394 g/mol.